The van der Waals surface area contributed by atoms with Gasteiger partial charge in [-0.2, -0.15) is 18.9 Å². The molecule has 3 aromatic rings. The fourth-order valence-electron chi connectivity index (χ4n) is 2.92. The number of anilines is 1. The molecule has 0 unspecified atom stereocenters. The molecule has 0 bridgehead atoms. The van der Waals surface area contributed by atoms with Crippen molar-refractivity contribution in [3.8, 4) is 5.75 Å². The summed E-state index contributed by atoms with van der Waals surface area (Å²) in [5.41, 5.74) is 3.94. The van der Waals surface area contributed by atoms with Gasteiger partial charge in [-0.3, -0.25) is 0 Å². The van der Waals surface area contributed by atoms with Gasteiger partial charge in [-0.25, -0.2) is 4.68 Å². The summed E-state index contributed by atoms with van der Waals surface area (Å²) in [6, 6.07) is 14.6. The minimum absolute atomic E-state index is 0.110. The Labute approximate surface area is 148 Å². The zero-order chi connectivity index (χ0) is 18.1. The van der Waals surface area contributed by atoms with Crippen LogP contribution in [0, 0.1) is 6.92 Å². The van der Waals surface area contributed by atoms with E-state index in [2.05, 4.69) is 44.4 Å². The van der Waals surface area contributed by atoms with E-state index in [0.29, 0.717) is 5.95 Å². The lowest BCUT2D eigenvalue weighted by atomic mass is 10.0. The average Bonchev–Trinajstić information content (AvgIpc) is 3.10. The molecule has 1 aliphatic heterocycles. The number of fused-ring (bicyclic) bond motifs is 1. The summed E-state index contributed by atoms with van der Waals surface area (Å²) in [5, 5.41) is 7.53. The SMILES string of the molecule is Cc1ccc([C@H]2C=C(c3ccc(OC(F)F)cc3)Nc3ncnn32)cc1. The normalized spacial score (nSPS) is 16.0. The van der Waals surface area contributed by atoms with Crippen LogP contribution in [0.15, 0.2) is 60.9 Å². The van der Waals surface area contributed by atoms with Gasteiger partial charge in [-0.05, 0) is 48.4 Å². The van der Waals surface area contributed by atoms with Gasteiger partial charge in [0.2, 0.25) is 5.95 Å². The minimum Gasteiger partial charge on any atom is -0.435 e. The van der Waals surface area contributed by atoms with Gasteiger partial charge in [0.1, 0.15) is 18.1 Å². The Kier molecular flexibility index (Phi) is 4.12. The molecule has 0 fully saturated rings. The Bertz CT molecular complexity index is 933. The second-order valence-electron chi connectivity index (χ2n) is 5.99. The molecule has 0 radical (unpaired) electrons. The smallest absolute Gasteiger partial charge is 0.387 e. The van der Waals surface area contributed by atoms with Gasteiger partial charge < -0.3 is 10.1 Å². The van der Waals surface area contributed by atoms with Gasteiger partial charge in [0.15, 0.2) is 0 Å². The van der Waals surface area contributed by atoms with Crippen molar-refractivity contribution in [2.24, 2.45) is 0 Å². The highest BCUT2D eigenvalue weighted by Crippen LogP contribution is 2.32. The summed E-state index contributed by atoms with van der Waals surface area (Å²) in [6.07, 6.45) is 3.54. The molecule has 26 heavy (non-hydrogen) atoms. The first-order chi connectivity index (χ1) is 12.6. The maximum Gasteiger partial charge on any atom is 0.387 e. The number of benzene rings is 2. The molecule has 2 aromatic carbocycles. The molecule has 1 aromatic heterocycles. The van der Waals surface area contributed by atoms with Crippen LogP contribution in [0.2, 0.25) is 0 Å². The summed E-state index contributed by atoms with van der Waals surface area (Å²) < 4.78 is 30.8. The van der Waals surface area contributed by atoms with Crippen molar-refractivity contribution >= 4 is 11.6 Å². The quantitative estimate of drug-likeness (QED) is 0.761. The molecule has 0 aliphatic carbocycles. The fraction of sp³-hybridized carbons (Fsp3) is 0.158. The maximum absolute atomic E-state index is 12.3. The maximum atomic E-state index is 12.3. The number of aromatic nitrogens is 3. The summed E-state index contributed by atoms with van der Waals surface area (Å²) in [4.78, 5) is 4.26. The van der Waals surface area contributed by atoms with Gasteiger partial charge in [0.25, 0.3) is 0 Å². The molecule has 1 atom stereocenters. The van der Waals surface area contributed by atoms with E-state index in [9.17, 15) is 8.78 Å². The number of rotatable bonds is 4. The molecule has 0 spiro atoms. The van der Waals surface area contributed by atoms with Crippen molar-refractivity contribution in [1.82, 2.24) is 14.8 Å². The van der Waals surface area contributed by atoms with E-state index in [1.807, 2.05) is 17.7 Å². The predicted octanol–water partition coefficient (Wildman–Crippen LogP) is 4.24. The largest absolute Gasteiger partial charge is 0.435 e. The lowest BCUT2D eigenvalue weighted by Gasteiger charge is -2.24. The number of aryl methyl sites for hydroxylation is 1. The van der Waals surface area contributed by atoms with Crippen molar-refractivity contribution in [3.63, 3.8) is 0 Å². The zero-order valence-corrected chi connectivity index (χ0v) is 13.9. The summed E-state index contributed by atoms with van der Waals surface area (Å²) in [6.45, 7) is -0.797. The number of hydrogen-bond donors (Lipinski definition) is 1. The standard InChI is InChI=1S/C19H16F2N4O/c1-12-2-4-14(5-3-12)17-10-16(24-19-22-11-23-25(17)19)13-6-8-15(9-7-13)26-18(20)21/h2-11,17-18H,1H3,(H,22,23,24)/t17-/m1/s1. The second-order valence-corrected chi connectivity index (χ2v) is 5.99. The number of halogens is 2. The number of allylic oxidation sites excluding steroid dienone is 1. The van der Waals surface area contributed by atoms with Crippen LogP contribution in [-0.4, -0.2) is 21.4 Å². The van der Waals surface area contributed by atoms with Crippen LogP contribution in [0.3, 0.4) is 0 Å². The molecular weight excluding hydrogens is 338 g/mol. The number of alkyl halides is 2. The number of nitrogens with zero attached hydrogens (tertiary/aromatic N) is 3. The Morgan fingerprint density at radius 3 is 2.50 bits per heavy atom. The molecule has 7 heteroatoms. The van der Waals surface area contributed by atoms with Crippen molar-refractivity contribution in [1.29, 1.82) is 0 Å². The fourth-order valence-corrected chi connectivity index (χ4v) is 2.92. The van der Waals surface area contributed by atoms with Gasteiger partial charge in [0.05, 0.1) is 0 Å². The van der Waals surface area contributed by atoms with Crippen LogP contribution >= 0.6 is 0 Å². The summed E-state index contributed by atoms with van der Waals surface area (Å²) in [7, 11) is 0. The predicted molar refractivity (Wildman–Crippen MR) is 94.0 cm³/mol. The highest BCUT2D eigenvalue weighted by Gasteiger charge is 2.23. The molecule has 1 N–H and O–H groups in total. The van der Waals surface area contributed by atoms with Crippen LogP contribution < -0.4 is 10.1 Å². The van der Waals surface area contributed by atoms with E-state index in [0.717, 1.165) is 16.8 Å². The van der Waals surface area contributed by atoms with E-state index in [-0.39, 0.29) is 11.8 Å². The third-order valence-corrected chi connectivity index (χ3v) is 4.22. The van der Waals surface area contributed by atoms with E-state index >= 15 is 0 Å². The molecule has 0 saturated carbocycles. The van der Waals surface area contributed by atoms with Gasteiger partial charge >= 0.3 is 6.61 Å². The number of hydrogen-bond acceptors (Lipinski definition) is 4. The molecule has 0 amide bonds. The molecule has 1 aliphatic rings. The van der Waals surface area contributed by atoms with Crippen LogP contribution in [0.4, 0.5) is 14.7 Å². The van der Waals surface area contributed by atoms with Crippen LogP contribution in [-0.2, 0) is 0 Å². The summed E-state index contributed by atoms with van der Waals surface area (Å²) in [5.74, 6) is 0.749. The van der Waals surface area contributed by atoms with Crippen LogP contribution in [0.1, 0.15) is 22.7 Å². The molecule has 5 nitrogen and oxygen atoms in total. The van der Waals surface area contributed by atoms with Gasteiger partial charge in [0, 0.05) is 5.70 Å². The van der Waals surface area contributed by atoms with E-state index < -0.39 is 6.61 Å². The van der Waals surface area contributed by atoms with Gasteiger partial charge in [-0.1, -0.05) is 29.8 Å². The third kappa shape index (κ3) is 3.15. The van der Waals surface area contributed by atoms with Crippen LogP contribution in [0.25, 0.3) is 5.70 Å². The first-order valence-electron chi connectivity index (χ1n) is 8.10. The minimum atomic E-state index is -2.84. The zero-order valence-electron chi connectivity index (χ0n) is 13.9. The molecular formula is C19H16F2N4O. The first kappa shape index (κ1) is 16.3. The van der Waals surface area contributed by atoms with Crippen molar-refractivity contribution in [2.75, 3.05) is 5.32 Å². The second kappa shape index (κ2) is 6.59. The summed E-state index contributed by atoms with van der Waals surface area (Å²) >= 11 is 0. The Balaban J connectivity index is 1.69. The molecule has 132 valence electrons. The van der Waals surface area contributed by atoms with E-state index in [4.69, 9.17) is 0 Å². The Morgan fingerprint density at radius 1 is 1.08 bits per heavy atom. The average molecular weight is 354 g/mol. The van der Waals surface area contributed by atoms with Crippen LogP contribution in [0.5, 0.6) is 5.75 Å². The van der Waals surface area contributed by atoms with E-state index in [1.54, 1.807) is 12.1 Å². The third-order valence-electron chi connectivity index (χ3n) is 4.22. The highest BCUT2D eigenvalue weighted by atomic mass is 19.3. The Hall–Kier alpha value is -3.22. The Morgan fingerprint density at radius 2 is 1.81 bits per heavy atom. The lowest BCUT2D eigenvalue weighted by molar-refractivity contribution is -0.0498. The van der Waals surface area contributed by atoms with Crippen molar-refractivity contribution < 1.29 is 13.5 Å². The molecule has 0 saturated heterocycles. The lowest BCUT2D eigenvalue weighted by Crippen LogP contribution is -2.20. The van der Waals surface area contributed by atoms with Crippen molar-refractivity contribution in [2.45, 2.75) is 19.6 Å². The topological polar surface area (TPSA) is 52.0 Å². The highest BCUT2D eigenvalue weighted by molar-refractivity contribution is 5.77. The molecule has 4 rings (SSSR count). The molecule has 2 heterocycles. The first-order valence-corrected chi connectivity index (χ1v) is 8.10. The monoisotopic (exact) mass is 354 g/mol. The van der Waals surface area contributed by atoms with E-state index in [1.165, 1.54) is 24.0 Å². The number of nitrogens with one attached hydrogen (secondary N) is 1. The van der Waals surface area contributed by atoms with Gasteiger partial charge in [-0.15, -0.1) is 0 Å². The number of ether oxygens (including phenoxy) is 1. The van der Waals surface area contributed by atoms with Crippen molar-refractivity contribution in [3.05, 3.63) is 77.6 Å².